The van der Waals surface area contributed by atoms with Crippen LogP contribution in [-0.4, -0.2) is 9.13 Å². The van der Waals surface area contributed by atoms with E-state index in [9.17, 15) is 0 Å². The van der Waals surface area contributed by atoms with Crippen molar-refractivity contribution in [3.63, 3.8) is 0 Å². The van der Waals surface area contributed by atoms with Crippen molar-refractivity contribution < 1.29 is 0 Å². The number of thiophene rings is 4. The summed E-state index contributed by atoms with van der Waals surface area (Å²) in [5, 5.41) is 5.40. The van der Waals surface area contributed by atoms with Crippen molar-refractivity contribution in [1.29, 1.82) is 0 Å². The van der Waals surface area contributed by atoms with E-state index in [0.29, 0.717) is 0 Å². The van der Waals surface area contributed by atoms with Crippen molar-refractivity contribution in [3.8, 4) is 83.8 Å². The Morgan fingerprint density at radius 1 is 0.241 bits per heavy atom. The number of benzene rings is 8. The molecule has 6 aromatic heterocycles. The van der Waals surface area contributed by atoms with Gasteiger partial charge in [0.2, 0.25) is 0 Å². The summed E-state index contributed by atoms with van der Waals surface area (Å²) in [6, 6.07) is 78.8. The molecule has 0 saturated heterocycles. The van der Waals surface area contributed by atoms with Crippen LogP contribution in [0.4, 0.5) is 0 Å². The molecule has 0 atom stereocenters. The zero-order valence-corrected chi connectivity index (χ0v) is 73.4. The van der Waals surface area contributed by atoms with E-state index in [1.807, 2.05) is 45.3 Å². The van der Waals surface area contributed by atoms with Crippen molar-refractivity contribution in [2.24, 2.45) is 0 Å². The Hall–Kier alpha value is -7.84. The summed E-state index contributed by atoms with van der Waals surface area (Å²) in [6.07, 6.45) is 24.8. The van der Waals surface area contributed by atoms with Crippen LogP contribution in [0.25, 0.3) is 127 Å². The summed E-state index contributed by atoms with van der Waals surface area (Å²) < 4.78 is 5.20. The second kappa shape index (κ2) is 31.1. The smallest absolute Gasteiger partial charge is 0.0541 e. The SMILES string of the molecule is CCCCCCC1(CCCCCC)c2cc(-c3ccc(-c4ccc(-c5ccc(-c6ccc(-c7ccc8c(c7)C(CCCCCC)(CCCCCC)c7cc(-n9c%10ccc(C(C)(C)C)cc%10c%10cc(C(C)(C)C)ccc%109)ccc7-8)s6)s5)s4)s3)ccc2-c2ccc(-n3c4ccc(C(C)(C)C)cc4c4cc(C(C)(C)C)ccc43)cc21. The normalized spacial score (nSPS) is 14.0. The molecule has 0 unspecified atom stereocenters. The summed E-state index contributed by atoms with van der Waals surface area (Å²) in [5.74, 6) is 0. The Bertz CT molecular complexity index is 5260. The Morgan fingerprint density at radius 2 is 0.482 bits per heavy atom. The molecule has 578 valence electrons. The first-order valence-corrected chi connectivity index (χ1v) is 46.3. The second-order valence-electron chi connectivity index (χ2n) is 37.6. The van der Waals surface area contributed by atoms with Gasteiger partial charge in [-0.1, -0.05) is 274 Å². The molecular weight excluding hydrogens is 1430 g/mol. The van der Waals surface area contributed by atoms with E-state index in [2.05, 4.69) is 314 Å². The van der Waals surface area contributed by atoms with Crippen LogP contribution < -0.4 is 0 Å². The maximum Gasteiger partial charge on any atom is 0.0541 e. The molecule has 0 aliphatic heterocycles. The maximum atomic E-state index is 2.66. The fourth-order valence-electron chi connectivity index (χ4n) is 19.2. The Kier molecular flexibility index (Phi) is 21.7. The Balaban J connectivity index is 0.695. The molecule has 0 N–H and O–H groups in total. The van der Waals surface area contributed by atoms with E-state index in [1.54, 1.807) is 11.1 Å². The third kappa shape index (κ3) is 14.5. The first-order valence-electron chi connectivity index (χ1n) is 43.0. The summed E-state index contributed by atoms with van der Waals surface area (Å²) in [7, 11) is 0. The van der Waals surface area contributed by atoms with Crippen molar-refractivity contribution in [3.05, 3.63) is 239 Å². The molecule has 6 heteroatoms. The zero-order valence-electron chi connectivity index (χ0n) is 70.1. The van der Waals surface area contributed by atoms with Gasteiger partial charge in [0, 0.05) is 82.8 Å². The van der Waals surface area contributed by atoms with E-state index >= 15 is 0 Å². The van der Waals surface area contributed by atoms with Crippen LogP contribution in [0.15, 0.2) is 194 Å². The van der Waals surface area contributed by atoms with Crippen LogP contribution in [0, 0.1) is 0 Å². The quantitative estimate of drug-likeness (QED) is 0.0454. The summed E-state index contributed by atoms with van der Waals surface area (Å²) in [6.45, 7) is 37.6. The second-order valence-corrected chi connectivity index (χ2v) is 42.0. The lowest BCUT2D eigenvalue weighted by molar-refractivity contribution is 0.401. The van der Waals surface area contributed by atoms with Crippen LogP contribution >= 0.6 is 45.3 Å². The van der Waals surface area contributed by atoms with Crippen molar-refractivity contribution in [2.75, 3.05) is 0 Å². The highest BCUT2D eigenvalue weighted by atomic mass is 32.1. The van der Waals surface area contributed by atoms with E-state index in [1.165, 1.54) is 289 Å². The van der Waals surface area contributed by atoms with Gasteiger partial charge in [0.1, 0.15) is 0 Å². The molecule has 2 aliphatic rings. The lowest BCUT2D eigenvalue weighted by atomic mass is 9.70. The number of unbranched alkanes of at least 4 members (excludes halogenated alkanes) is 12. The van der Waals surface area contributed by atoms with Crippen LogP contribution in [0.1, 0.15) is 284 Å². The minimum Gasteiger partial charge on any atom is -0.309 e. The average molecular weight is 1550 g/mol. The minimum absolute atomic E-state index is 0.0440. The highest BCUT2D eigenvalue weighted by Crippen LogP contribution is 2.59. The fraction of sp³-hybridized carbons (Fsp3) is 0.396. The standard InChI is InChI=1S/C106H120N2S4/c1-17-21-25-29-57-105(58-30-26-22-18-2)85-61-69(33-41-77(85)79-43-39-75(67-87(79)105)107-89-45-35-71(101(5,6)7)63-81(89)82-64-72(102(8,9)10)36-46-90(82)107)93-49-51-95(109-93)97-53-55-99(111-97)100-56-54-98(112-100)96-52-50-94(110-96)70-34-42-78-80-44-40-76(68-88(80)106(86(78)62-70,59-31-27-23-19-3)60-32-28-24-20-4)108-91-47-37-73(103(11,12)13)65-83(91)84-66-74(104(14,15)16)38-48-92(84)108/h33-56,61-68H,17-32,57-60H2,1-16H3. The molecule has 0 amide bonds. The fourth-order valence-corrected chi connectivity index (χ4v) is 23.5. The highest BCUT2D eigenvalue weighted by Gasteiger charge is 2.45. The number of hydrogen-bond donors (Lipinski definition) is 0. The largest absolute Gasteiger partial charge is 0.309 e. The number of fused-ring (bicyclic) bond motifs is 12. The molecule has 2 nitrogen and oxygen atoms in total. The molecule has 0 saturated carbocycles. The number of nitrogens with zero attached hydrogens (tertiary/aromatic N) is 2. The van der Waals surface area contributed by atoms with Gasteiger partial charge in [0.25, 0.3) is 0 Å². The Morgan fingerprint density at radius 3 is 0.741 bits per heavy atom. The molecule has 16 rings (SSSR count). The van der Waals surface area contributed by atoms with Crippen LogP contribution in [-0.2, 0) is 32.5 Å². The van der Waals surface area contributed by atoms with Gasteiger partial charge in [-0.3, -0.25) is 0 Å². The third-order valence-electron chi connectivity index (χ3n) is 25.7. The monoisotopic (exact) mass is 1550 g/mol. The van der Waals surface area contributed by atoms with Gasteiger partial charge in [0.15, 0.2) is 0 Å². The summed E-state index contributed by atoms with van der Waals surface area (Å²) in [4.78, 5) is 10.8. The molecule has 14 aromatic rings. The van der Waals surface area contributed by atoms with E-state index < -0.39 is 0 Å². The van der Waals surface area contributed by atoms with Gasteiger partial charge in [-0.15, -0.1) is 45.3 Å². The molecule has 0 fully saturated rings. The Labute approximate surface area is 686 Å². The van der Waals surface area contributed by atoms with Gasteiger partial charge in [-0.2, -0.15) is 0 Å². The predicted octanol–water partition coefficient (Wildman–Crippen LogP) is 34.1. The lowest BCUT2D eigenvalue weighted by Gasteiger charge is -2.33. The van der Waals surface area contributed by atoms with Gasteiger partial charge < -0.3 is 9.13 Å². The van der Waals surface area contributed by atoms with Gasteiger partial charge in [0.05, 0.1) is 22.1 Å². The first-order chi connectivity index (χ1) is 53.8. The highest BCUT2D eigenvalue weighted by molar-refractivity contribution is 7.29. The number of hydrogen-bond acceptors (Lipinski definition) is 4. The van der Waals surface area contributed by atoms with Crippen molar-refractivity contribution in [2.45, 2.75) is 272 Å². The first kappa shape index (κ1) is 78.1. The molecule has 0 spiro atoms. The molecule has 2 aliphatic carbocycles. The van der Waals surface area contributed by atoms with E-state index in [-0.39, 0.29) is 32.5 Å². The van der Waals surface area contributed by atoms with Crippen molar-refractivity contribution in [1.82, 2.24) is 9.13 Å². The molecular formula is C106H120N2S4. The van der Waals surface area contributed by atoms with Gasteiger partial charge in [-0.25, -0.2) is 0 Å². The predicted molar refractivity (Wildman–Crippen MR) is 496 cm³/mol. The number of rotatable bonds is 27. The minimum atomic E-state index is -0.0800. The van der Waals surface area contributed by atoms with Crippen LogP contribution in [0.3, 0.4) is 0 Å². The molecule has 6 heterocycles. The van der Waals surface area contributed by atoms with E-state index in [0.717, 1.165) is 0 Å². The lowest BCUT2D eigenvalue weighted by Crippen LogP contribution is -2.26. The van der Waals surface area contributed by atoms with Crippen molar-refractivity contribution >= 4 is 89.0 Å². The summed E-state index contributed by atoms with van der Waals surface area (Å²) >= 11 is 7.82. The molecule has 112 heavy (non-hydrogen) atoms. The molecule has 8 aromatic carbocycles. The number of aromatic nitrogens is 2. The molecule has 0 bridgehead atoms. The zero-order chi connectivity index (χ0) is 78.2. The third-order valence-corrected chi connectivity index (χ3v) is 30.8. The van der Waals surface area contributed by atoms with Crippen LogP contribution in [0.5, 0.6) is 0 Å². The van der Waals surface area contributed by atoms with Crippen LogP contribution in [0.2, 0.25) is 0 Å². The van der Waals surface area contributed by atoms with E-state index in [4.69, 9.17) is 0 Å². The summed E-state index contributed by atoms with van der Waals surface area (Å²) in [5.41, 5.74) is 27.9. The van der Waals surface area contributed by atoms with Gasteiger partial charge >= 0.3 is 0 Å². The van der Waals surface area contributed by atoms with Gasteiger partial charge in [-0.05, 0) is 259 Å². The topological polar surface area (TPSA) is 9.86 Å². The molecule has 0 radical (unpaired) electrons. The maximum absolute atomic E-state index is 2.66. The average Bonchev–Trinajstić information content (AvgIpc) is 1.57.